The normalized spacial score (nSPS) is 14.2. The molecule has 1 amide bonds. The highest BCUT2D eigenvalue weighted by atomic mass is 16.5. The summed E-state index contributed by atoms with van der Waals surface area (Å²) in [5.41, 5.74) is 2.58. The van der Waals surface area contributed by atoms with Gasteiger partial charge in [-0.05, 0) is 69.7 Å². The molecule has 2 aromatic rings. The fourth-order valence-corrected chi connectivity index (χ4v) is 3.99. The molecule has 1 saturated carbocycles. The summed E-state index contributed by atoms with van der Waals surface area (Å²) in [7, 11) is 1.74. The molecule has 6 nitrogen and oxygen atoms in total. The van der Waals surface area contributed by atoms with Crippen LogP contribution in [0.15, 0.2) is 48.5 Å². The molecule has 1 N–H and O–H groups in total. The van der Waals surface area contributed by atoms with E-state index < -0.39 is 5.97 Å². The van der Waals surface area contributed by atoms with E-state index in [2.05, 4.69) is 0 Å². The quantitative estimate of drug-likeness (QED) is 0.411. The number of unbranched alkanes of at least 4 members (excludes halogenated alkanes) is 2. The summed E-state index contributed by atoms with van der Waals surface area (Å²) in [5, 5.41) is 8.73. The maximum absolute atomic E-state index is 13.3. The van der Waals surface area contributed by atoms with Gasteiger partial charge in [0.15, 0.2) is 0 Å². The minimum atomic E-state index is -0.764. The Morgan fingerprint density at radius 1 is 1.03 bits per heavy atom. The largest absolute Gasteiger partial charge is 0.493 e. The maximum Gasteiger partial charge on any atom is 0.303 e. The van der Waals surface area contributed by atoms with E-state index in [0.29, 0.717) is 25.1 Å². The fraction of sp³-hybridized carbons (Fsp3) is 0.481. The van der Waals surface area contributed by atoms with Gasteiger partial charge in [-0.1, -0.05) is 30.3 Å². The number of hydrogen-bond donors (Lipinski definition) is 1. The molecule has 0 heterocycles. The molecule has 1 aliphatic carbocycles. The van der Waals surface area contributed by atoms with Crippen molar-refractivity contribution < 1.29 is 24.2 Å². The van der Waals surface area contributed by atoms with Crippen LogP contribution in [0.5, 0.6) is 5.75 Å². The van der Waals surface area contributed by atoms with E-state index in [1.54, 1.807) is 7.11 Å². The molecule has 1 fully saturated rings. The van der Waals surface area contributed by atoms with Crippen molar-refractivity contribution in [3.8, 4) is 5.75 Å². The summed E-state index contributed by atoms with van der Waals surface area (Å²) in [5.74, 6) is -0.0114. The van der Waals surface area contributed by atoms with Gasteiger partial charge in [0, 0.05) is 37.2 Å². The number of rotatable bonds is 13. The Labute approximate surface area is 196 Å². The maximum atomic E-state index is 13.3. The van der Waals surface area contributed by atoms with E-state index in [0.717, 1.165) is 42.6 Å². The Morgan fingerprint density at radius 2 is 1.73 bits per heavy atom. The summed E-state index contributed by atoms with van der Waals surface area (Å²) in [4.78, 5) is 25.8. The number of carboxylic acids is 1. The number of hydrogen-bond acceptors (Lipinski definition) is 4. The molecule has 0 aliphatic heterocycles. The third-order valence-electron chi connectivity index (χ3n) is 6.24. The second-order valence-corrected chi connectivity index (χ2v) is 8.96. The zero-order valence-electron chi connectivity index (χ0n) is 19.9. The van der Waals surface area contributed by atoms with Gasteiger partial charge in [-0.25, -0.2) is 0 Å². The summed E-state index contributed by atoms with van der Waals surface area (Å²) >= 11 is 0. The van der Waals surface area contributed by atoms with E-state index in [1.807, 2.05) is 67.3 Å². The first kappa shape index (κ1) is 24.8. The molecule has 6 heteroatoms. The monoisotopic (exact) mass is 453 g/mol. The minimum absolute atomic E-state index is 0.0118. The van der Waals surface area contributed by atoms with Crippen molar-refractivity contribution >= 4 is 11.9 Å². The molecule has 3 rings (SSSR count). The van der Waals surface area contributed by atoms with Gasteiger partial charge in [-0.2, -0.15) is 0 Å². The average Bonchev–Trinajstić information content (AvgIpc) is 3.61. The number of nitrogens with zero attached hydrogens (tertiary/aromatic N) is 1. The van der Waals surface area contributed by atoms with Crippen LogP contribution < -0.4 is 4.74 Å². The van der Waals surface area contributed by atoms with Crippen LogP contribution in [0.25, 0.3) is 0 Å². The van der Waals surface area contributed by atoms with Crippen LogP contribution in [-0.2, 0) is 21.7 Å². The number of ether oxygens (including phenoxy) is 2. The van der Waals surface area contributed by atoms with E-state index in [9.17, 15) is 9.59 Å². The number of carbonyl (C=O) groups is 2. The number of para-hydroxylation sites is 1. The lowest BCUT2D eigenvalue weighted by Gasteiger charge is -2.28. The highest BCUT2D eigenvalue weighted by molar-refractivity contribution is 5.94. The van der Waals surface area contributed by atoms with Crippen LogP contribution in [0, 0.1) is 0 Å². The number of carboxylic acid groups (broad SMARTS) is 1. The molecule has 0 saturated heterocycles. The predicted octanol–water partition coefficient (Wildman–Crippen LogP) is 5.40. The molecule has 1 aliphatic rings. The number of aliphatic carboxylic acids is 1. The van der Waals surface area contributed by atoms with Crippen LogP contribution in [0.4, 0.5) is 0 Å². The van der Waals surface area contributed by atoms with E-state index in [-0.39, 0.29) is 24.0 Å². The Kier molecular flexibility index (Phi) is 8.50. The zero-order valence-corrected chi connectivity index (χ0v) is 19.9. The van der Waals surface area contributed by atoms with Crippen LogP contribution >= 0.6 is 0 Å². The van der Waals surface area contributed by atoms with Gasteiger partial charge in [0.2, 0.25) is 0 Å². The van der Waals surface area contributed by atoms with Crippen molar-refractivity contribution in [1.29, 1.82) is 0 Å². The van der Waals surface area contributed by atoms with Gasteiger partial charge in [-0.3, -0.25) is 9.59 Å². The lowest BCUT2D eigenvalue weighted by Crippen LogP contribution is -2.36. The SMILES string of the molecule is COC1(c2ccc(C(=O)N(Cc3ccccc3OCCCCCC(=O)O)C(C)C)cc2)CC1. The van der Waals surface area contributed by atoms with Crippen molar-refractivity contribution in [3.63, 3.8) is 0 Å². The molecular weight excluding hydrogens is 418 g/mol. The third kappa shape index (κ3) is 6.57. The summed E-state index contributed by atoms with van der Waals surface area (Å²) in [6, 6.07) is 15.6. The van der Waals surface area contributed by atoms with Gasteiger partial charge in [0.25, 0.3) is 5.91 Å². The molecule has 0 unspecified atom stereocenters. The highest BCUT2D eigenvalue weighted by Gasteiger charge is 2.44. The molecule has 178 valence electrons. The lowest BCUT2D eigenvalue weighted by molar-refractivity contribution is -0.137. The standard InChI is InChI=1S/C27H35NO5/c1-20(2)28(26(31)21-12-14-23(15-13-21)27(32-3)16-17-27)19-22-9-6-7-10-24(22)33-18-8-4-5-11-25(29)30/h6-7,9-10,12-15,20H,4-5,8,11,16-19H2,1-3H3,(H,29,30). The third-order valence-corrected chi connectivity index (χ3v) is 6.24. The van der Waals surface area contributed by atoms with Gasteiger partial charge >= 0.3 is 5.97 Å². The van der Waals surface area contributed by atoms with Crippen molar-refractivity contribution in [2.75, 3.05) is 13.7 Å². The van der Waals surface area contributed by atoms with Gasteiger partial charge in [0.05, 0.1) is 12.2 Å². The summed E-state index contributed by atoms with van der Waals surface area (Å²) < 4.78 is 11.6. The Bertz CT molecular complexity index is 934. The van der Waals surface area contributed by atoms with Crippen molar-refractivity contribution in [1.82, 2.24) is 4.90 Å². The number of carbonyl (C=O) groups excluding carboxylic acids is 1. The fourth-order valence-electron chi connectivity index (χ4n) is 3.99. The Balaban J connectivity index is 1.63. The molecule has 2 aromatic carbocycles. The minimum Gasteiger partial charge on any atom is -0.493 e. The second kappa shape index (κ2) is 11.3. The van der Waals surface area contributed by atoms with E-state index in [1.165, 1.54) is 0 Å². The first-order chi connectivity index (χ1) is 15.9. The Hall–Kier alpha value is -2.86. The second-order valence-electron chi connectivity index (χ2n) is 8.96. The number of amides is 1. The molecule has 0 aromatic heterocycles. The molecular formula is C27H35NO5. The van der Waals surface area contributed by atoms with E-state index >= 15 is 0 Å². The van der Waals surface area contributed by atoms with Gasteiger partial charge < -0.3 is 19.5 Å². The van der Waals surface area contributed by atoms with Crippen molar-refractivity contribution in [2.24, 2.45) is 0 Å². The summed E-state index contributed by atoms with van der Waals surface area (Å²) in [6.07, 6.45) is 4.49. The van der Waals surface area contributed by atoms with Crippen LogP contribution in [-0.4, -0.2) is 41.6 Å². The molecule has 33 heavy (non-hydrogen) atoms. The lowest BCUT2D eigenvalue weighted by atomic mass is 10.0. The predicted molar refractivity (Wildman–Crippen MR) is 127 cm³/mol. The van der Waals surface area contributed by atoms with Crippen molar-refractivity contribution in [3.05, 3.63) is 65.2 Å². The molecule has 0 bridgehead atoms. The molecule has 0 radical (unpaired) electrons. The number of benzene rings is 2. The van der Waals surface area contributed by atoms with Crippen molar-refractivity contribution in [2.45, 2.75) is 70.6 Å². The van der Waals surface area contributed by atoms with E-state index in [4.69, 9.17) is 14.6 Å². The molecule has 0 spiro atoms. The van der Waals surface area contributed by atoms with Crippen LogP contribution in [0.1, 0.15) is 73.9 Å². The topological polar surface area (TPSA) is 76.1 Å². The first-order valence-electron chi connectivity index (χ1n) is 11.8. The summed E-state index contributed by atoms with van der Waals surface area (Å²) in [6.45, 7) is 5.01. The number of methoxy groups -OCH3 is 1. The van der Waals surface area contributed by atoms with Gasteiger partial charge in [-0.15, -0.1) is 0 Å². The smallest absolute Gasteiger partial charge is 0.303 e. The first-order valence-corrected chi connectivity index (χ1v) is 11.8. The zero-order chi connectivity index (χ0) is 23.8. The highest BCUT2D eigenvalue weighted by Crippen LogP contribution is 2.48. The van der Waals surface area contributed by atoms with Gasteiger partial charge in [0.1, 0.15) is 5.75 Å². The van der Waals surface area contributed by atoms with Crippen LogP contribution in [0.2, 0.25) is 0 Å². The molecule has 0 atom stereocenters. The van der Waals surface area contributed by atoms with Crippen LogP contribution in [0.3, 0.4) is 0 Å². The Morgan fingerprint density at radius 3 is 2.33 bits per heavy atom. The average molecular weight is 454 g/mol.